The van der Waals surface area contributed by atoms with Crippen molar-refractivity contribution in [1.82, 2.24) is 14.6 Å². The zero-order chi connectivity index (χ0) is 15.3. The van der Waals surface area contributed by atoms with E-state index < -0.39 is 10.0 Å². The van der Waals surface area contributed by atoms with Crippen molar-refractivity contribution in [2.24, 2.45) is 0 Å². The lowest BCUT2D eigenvalue weighted by Crippen LogP contribution is -2.44. The molecule has 21 heavy (non-hydrogen) atoms. The zero-order valence-corrected chi connectivity index (χ0v) is 13.5. The molecule has 2 rings (SSSR count). The van der Waals surface area contributed by atoms with Crippen LogP contribution in [0.3, 0.4) is 0 Å². The van der Waals surface area contributed by atoms with E-state index in [4.69, 9.17) is 0 Å². The molecule has 0 spiro atoms. The van der Waals surface area contributed by atoms with Gasteiger partial charge in [-0.2, -0.15) is 0 Å². The van der Waals surface area contributed by atoms with Gasteiger partial charge in [-0.3, -0.25) is 0 Å². The van der Waals surface area contributed by atoms with Crippen molar-refractivity contribution in [3.8, 4) is 0 Å². The number of aromatic nitrogens is 1. The lowest BCUT2D eigenvalue weighted by atomic mass is 10.1. The van der Waals surface area contributed by atoms with E-state index in [1.54, 1.807) is 25.4 Å². The fraction of sp³-hybridized carbons (Fsp3) is 0.643. The highest BCUT2D eigenvalue weighted by atomic mass is 32.2. The average Bonchev–Trinajstić information content (AvgIpc) is 2.49. The van der Waals surface area contributed by atoms with Crippen LogP contribution in [0.2, 0.25) is 0 Å². The normalized spacial score (nSPS) is 17.8. The number of nitrogens with one attached hydrogen (secondary N) is 2. The van der Waals surface area contributed by atoms with E-state index in [0.29, 0.717) is 5.82 Å². The monoisotopic (exact) mass is 312 g/mol. The Bertz CT molecular complexity index is 554. The molecule has 0 aliphatic carbocycles. The molecular formula is C14H24N4O2S. The Morgan fingerprint density at radius 3 is 2.71 bits per heavy atom. The van der Waals surface area contributed by atoms with Crippen molar-refractivity contribution in [2.45, 2.75) is 37.1 Å². The number of likely N-dealkylation sites (tertiary alicyclic amines) is 1. The van der Waals surface area contributed by atoms with Crippen molar-refractivity contribution in [1.29, 1.82) is 0 Å². The number of pyridine rings is 1. The summed E-state index contributed by atoms with van der Waals surface area (Å²) < 4.78 is 27.8. The summed E-state index contributed by atoms with van der Waals surface area (Å²) in [7, 11) is -1.85. The van der Waals surface area contributed by atoms with Gasteiger partial charge >= 0.3 is 0 Å². The summed E-state index contributed by atoms with van der Waals surface area (Å²) in [6.45, 7) is 5.16. The fourth-order valence-corrected chi connectivity index (χ4v) is 4.14. The number of anilines is 1. The number of sulfonamides is 1. The molecule has 2 N–H and O–H groups in total. The summed E-state index contributed by atoms with van der Waals surface area (Å²) in [6, 6.07) is 3.22. The van der Waals surface area contributed by atoms with Gasteiger partial charge in [0.05, 0.1) is 0 Å². The maximum absolute atomic E-state index is 12.5. The summed E-state index contributed by atoms with van der Waals surface area (Å²) >= 11 is 0. The summed E-state index contributed by atoms with van der Waals surface area (Å²) in [4.78, 5) is 6.65. The van der Waals surface area contributed by atoms with Crippen LogP contribution >= 0.6 is 0 Å². The standard InChI is InChI=1S/C14H24N4O2S/c1-3-9-18-10-6-12(7-11-18)17-21(19,20)13-5-4-8-16-14(13)15-2/h4-5,8,12,17H,3,6-7,9-11H2,1-2H3,(H,15,16). The van der Waals surface area contributed by atoms with Gasteiger partial charge in [0, 0.05) is 19.3 Å². The molecule has 6 nitrogen and oxygen atoms in total. The third-order valence-corrected chi connectivity index (χ3v) is 5.30. The first-order chi connectivity index (χ1) is 10.1. The van der Waals surface area contributed by atoms with Crippen LogP contribution in [0.25, 0.3) is 0 Å². The molecule has 1 aromatic heterocycles. The Hall–Kier alpha value is -1.18. The predicted octanol–water partition coefficient (Wildman–Crippen LogP) is 1.28. The molecule has 0 saturated carbocycles. The van der Waals surface area contributed by atoms with Gasteiger partial charge in [-0.05, 0) is 51.0 Å². The SMILES string of the molecule is CCCN1CCC(NS(=O)(=O)c2cccnc2NC)CC1. The molecule has 0 aromatic carbocycles. The second kappa shape index (κ2) is 7.20. The lowest BCUT2D eigenvalue weighted by molar-refractivity contribution is 0.208. The number of nitrogens with zero attached hydrogens (tertiary/aromatic N) is 2. The van der Waals surface area contributed by atoms with Crippen molar-refractivity contribution >= 4 is 15.8 Å². The van der Waals surface area contributed by atoms with Crippen LogP contribution in [0, 0.1) is 0 Å². The third kappa shape index (κ3) is 4.15. The van der Waals surface area contributed by atoms with E-state index >= 15 is 0 Å². The predicted molar refractivity (Wildman–Crippen MR) is 83.9 cm³/mol. The highest BCUT2D eigenvalue weighted by Crippen LogP contribution is 2.19. The van der Waals surface area contributed by atoms with E-state index in [1.165, 1.54) is 0 Å². The molecule has 1 aliphatic heterocycles. The minimum atomic E-state index is -3.53. The molecular weight excluding hydrogens is 288 g/mol. The Morgan fingerprint density at radius 2 is 2.10 bits per heavy atom. The molecule has 0 unspecified atom stereocenters. The molecule has 0 bridgehead atoms. The second-order valence-corrected chi connectivity index (χ2v) is 7.02. The first-order valence-electron chi connectivity index (χ1n) is 7.44. The fourth-order valence-electron chi connectivity index (χ4n) is 2.67. The zero-order valence-electron chi connectivity index (χ0n) is 12.7. The molecule has 0 atom stereocenters. The van der Waals surface area contributed by atoms with Gasteiger partial charge < -0.3 is 10.2 Å². The lowest BCUT2D eigenvalue weighted by Gasteiger charge is -2.31. The van der Waals surface area contributed by atoms with Crippen LogP contribution < -0.4 is 10.0 Å². The number of hydrogen-bond acceptors (Lipinski definition) is 5. The Kier molecular flexibility index (Phi) is 5.55. The molecule has 1 saturated heterocycles. The van der Waals surface area contributed by atoms with Crippen LogP contribution in [0.1, 0.15) is 26.2 Å². The van der Waals surface area contributed by atoms with E-state index in [2.05, 4.69) is 26.8 Å². The summed E-state index contributed by atoms with van der Waals surface area (Å²) in [5.41, 5.74) is 0. The van der Waals surface area contributed by atoms with Crippen molar-refractivity contribution in [2.75, 3.05) is 32.0 Å². The van der Waals surface area contributed by atoms with Crippen LogP contribution in [0.4, 0.5) is 5.82 Å². The number of piperidine rings is 1. The topological polar surface area (TPSA) is 74.3 Å². The molecule has 118 valence electrons. The molecule has 1 aromatic rings. The molecule has 0 amide bonds. The minimum absolute atomic E-state index is 0.00742. The summed E-state index contributed by atoms with van der Waals surface area (Å²) in [5.74, 6) is 0.383. The molecule has 7 heteroatoms. The molecule has 0 radical (unpaired) electrons. The van der Waals surface area contributed by atoms with Crippen molar-refractivity contribution in [3.05, 3.63) is 18.3 Å². The smallest absolute Gasteiger partial charge is 0.244 e. The quantitative estimate of drug-likeness (QED) is 0.827. The Balaban J connectivity index is 2.02. The molecule has 2 heterocycles. The van der Waals surface area contributed by atoms with Gasteiger partial charge in [0.1, 0.15) is 10.7 Å². The van der Waals surface area contributed by atoms with Gasteiger partial charge in [0.15, 0.2) is 0 Å². The first-order valence-corrected chi connectivity index (χ1v) is 8.92. The van der Waals surface area contributed by atoms with Crippen molar-refractivity contribution in [3.63, 3.8) is 0 Å². The van der Waals surface area contributed by atoms with Gasteiger partial charge in [-0.1, -0.05) is 6.92 Å². The van der Waals surface area contributed by atoms with Crippen LogP contribution in [-0.4, -0.2) is 51.0 Å². The maximum Gasteiger partial charge on any atom is 0.244 e. The van der Waals surface area contributed by atoms with Gasteiger partial charge in [-0.15, -0.1) is 0 Å². The first kappa shape index (κ1) is 16.2. The van der Waals surface area contributed by atoms with E-state index in [-0.39, 0.29) is 10.9 Å². The van der Waals surface area contributed by atoms with Crippen molar-refractivity contribution < 1.29 is 8.42 Å². The maximum atomic E-state index is 12.5. The van der Waals surface area contributed by atoms with Gasteiger partial charge in [-0.25, -0.2) is 18.1 Å². The van der Waals surface area contributed by atoms with Crippen LogP contribution in [0.5, 0.6) is 0 Å². The van der Waals surface area contributed by atoms with E-state index in [0.717, 1.165) is 38.9 Å². The molecule has 1 aliphatic rings. The average molecular weight is 312 g/mol. The summed E-state index contributed by atoms with van der Waals surface area (Å²) in [5, 5.41) is 2.82. The number of rotatable bonds is 6. The molecule has 1 fully saturated rings. The van der Waals surface area contributed by atoms with E-state index in [1.807, 2.05) is 0 Å². The van der Waals surface area contributed by atoms with Crippen LogP contribution in [0.15, 0.2) is 23.2 Å². The van der Waals surface area contributed by atoms with Gasteiger partial charge in [0.2, 0.25) is 10.0 Å². The largest absolute Gasteiger partial charge is 0.372 e. The highest BCUT2D eigenvalue weighted by molar-refractivity contribution is 7.89. The van der Waals surface area contributed by atoms with E-state index in [9.17, 15) is 8.42 Å². The second-order valence-electron chi connectivity index (χ2n) is 5.34. The Labute approximate surface area is 127 Å². The van der Waals surface area contributed by atoms with Crippen LogP contribution in [-0.2, 0) is 10.0 Å². The number of hydrogen-bond donors (Lipinski definition) is 2. The third-order valence-electron chi connectivity index (χ3n) is 3.75. The Morgan fingerprint density at radius 1 is 1.38 bits per heavy atom. The van der Waals surface area contributed by atoms with Gasteiger partial charge in [0.25, 0.3) is 0 Å². The minimum Gasteiger partial charge on any atom is -0.372 e. The summed E-state index contributed by atoms with van der Waals surface area (Å²) in [6.07, 6.45) is 4.43. The highest BCUT2D eigenvalue weighted by Gasteiger charge is 2.26.